The average Bonchev–Trinajstić information content (AvgIpc) is 2.91. The zero-order valence-electron chi connectivity index (χ0n) is 20.9. The van der Waals surface area contributed by atoms with Crippen molar-refractivity contribution in [1.29, 1.82) is 0 Å². The molecule has 0 unspecified atom stereocenters. The van der Waals surface area contributed by atoms with Crippen molar-refractivity contribution < 1.29 is 9.47 Å². The average molecular weight is 478 g/mol. The van der Waals surface area contributed by atoms with Gasteiger partial charge in [0.15, 0.2) is 5.43 Å². The number of H-pyrrole nitrogens is 1. The highest BCUT2D eigenvalue weighted by atomic mass is 16.5. The van der Waals surface area contributed by atoms with E-state index in [4.69, 9.17) is 9.47 Å². The molecule has 6 nitrogen and oxygen atoms in total. The summed E-state index contributed by atoms with van der Waals surface area (Å²) in [5.41, 5.74) is 1.61. The molecule has 3 heterocycles. The van der Waals surface area contributed by atoms with Crippen LogP contribution in [0.15, 0.2) is 41.2 Å². The Morgan fingerprint density at radius 1 is 0.743 bits per heavy atom. The molecule has 0 atom stereocenters. The Kier molecular flexibility index (Phi) is 8.22. The minimum Gasteiger partial charge on any atom is -0.494 e. The molecular weight excluding hydrogens is 438 g/mol. The lowest BCUT2D eigenvalue weighted by Gasteiger charge is -2.26. The van der Waals surface area contributed by atoms with Gasteiger partial charge in [0.05, 0.1) is 24.2 Å². The molecule has 2 aliphatic heterocycles. The summed E-state index contributed by atoms with van der Waals surface area (Å²) in [5, 5.41) is 1.32. The van der Waals surface area contributed by atoms with E-state index in [9.17, 15) is 4.79 Å². The molecule has 0 saturated carbocycles. The largest absolute Gasteiger partial charge is 0.494 e. The van der Waals surface area contributed by atoms with E-state index in [-0.39, 0.29) is 5.43 Å². The van der Waals surface area contributed by atoms with E-state index in [0.29, 0.717) is 24.0 Å². The molecule has 0 amide bonds. The zero-order chi connectivity index (χ0) is 23.9. The fraction of sp³-hybridized carbons (Fsp3) is 0.552. The maximum absolute atomic E-state index is 13.3. The first kappa shape index (κ1) is 24.1. The zero-order valence-corrected chi connectivity index (χ0v) is 20.9. The molecule has 2 saturated heterocycles. The Hall–Kier alpha value is -2.57. The predicted octanol–water partition coefficient (Wildman–Crippen LogP) is 5.19. The summed E-state index contributed by atoms with van der Waals surface area (Å²) in [5.74, 6) is 1.50. The number of pyridine rings is 1. The number of likely N-dealkylation sites (tertiary alicyclic amines) is 2. The summed E-state index contributed by atoms with van der Waals surface area (Å²) in [6.45, 7) is 8.31. The van der Waals surface area contributed by atoms with Gasteiger partial charge in [-0.1, -0.05) is 18.9 Å². The summed E-state index contributed by atoms with van der Waals surface area (Å²) >= 11 is 0. The monoisotopic (exact) mass is 477 g/mol. The third-order valence-corrected chi connectivity index (χ3v) is 7.43. The van der Waals surface area contributed by atoms with Crippen LogP contribution in [0.3, 0.4) is 0 Å². The smallest absolute Gasteiger partial charge is 0.197 e. The highest BCUT2D eigenvalue weighted by Gasteiger charge is 2.13. The van der Waals surface area contributed by atoms with E-state index in [0.717, 1.165) is 48.5 Å². The number of fused-ring (bicyclic) bond motifs is 2. The normalized spacial score (nSPS) is 17.7. The van der Waals surface area contributed by atoms with Crippen molar-refractivity contribution in [1.82, 2.24) is 14.8 Å². The minimum atomic E-state index is 0.0197. The number of aromatic nitrogens is 1. The van der Waals surface area contributed by atoms with Gasteiger partial charge < -0.3 is 24.3 Å². The van der Waals surface area contributed by atoms with Gasteiger partial charge in [0.1, 0.15) is 11.5 Å². The van der Waals surface area contributed by atoms with Gasteiger partial charge in [-0.3, -0.25) is 4.79 Å². The first-order chi connectivity index (χ1) is 17.3. The summed E-state index contributed by atoms with van der Waals surface area (Å²) < 4.78 is 12.1. The van der Waals surface area contributed by atoms with E-state index >= 15 is 0 Å². The molecule has 2 aliphatic rings. The molecule has 5 rings (SSSR count). The minimum absolute atomic E-state index is 0.0197. The van der Waals surface area contributed by atoms with Crippen molar-refractivity contribution in [3.05, 3.63) is 46.6 Å². The molecule has 6 heteroatoms. The molecule has 0 radical (unpaired) electrons. The van der Waals surface area contributed by atoms with Gasteiger partial charge in [-0.2, -0.15) is 0 Å². The summed E-state index contributed by atoms with van der Waals surface area (Å²) in [4.78, 5) is 21.8. The fourth-order valence-corrected chi connectivity index (χ4v) is 5.47. The first-order valence-electron chi connectivity index (χ1n) is 13.6. The third-order valence-electron chi connectivity index (χ3n) is 7.43. The van der Waals surface area contributed by atoms with Gasteiger partial charge in [0, 0.05) is 23.9 Å². The topological polar surface area (TPSA) is 57.8 Å². The Morgan fingerprint density at radius 3 is 2.09 bits per heavy atom. The van der Waals surface area contributed by atoms with Crippen LogP contribution in [0.1, 0.15) is 51.4 Å². The van der Waals surface area contributed by atoms with Crippen molar-refractivity contribution in [2.24, 2.45) is 0 Å². The van der Waals surface area contributed by atoms with Crippen LogP contribution in [0.4, 0.5) is 0 Å². The van der Waals surface area contributed by atoms with Crippen LogP contribution in [0.5, 0.6) is 11.5 Å². The van der Waals surface area contributed by atoms with Crippen molar-refractivity contribution in [2.45, 2.75) is 51.4 Å². The maximum Gasteiger partial charge on any atom is 0.197 e. The first-order valence-corrected chi connectivity index (χ1v) is 13.6. The number of aromatic amines is 1. The number of hydrogen-bond acceptors (Lipinski definition) is 5. The Balaban J connectivity index is 1.22. The Morgan fingerprint density at radius 2 is 1.40 bits per heavy atom. The number of piperidine rings is 2. The highest BCUT2D eigenvalue weighted by molar-refractivity contribution is 5.95. The molecule has 0 bridgehead atoms. The van der Waals surface area contributed by atoms with E-state index in [2.05, 4.69) is 14.8 Å². The quantitative estimate of drug-likeness (QED) is 0.322. The summed E-state index contributed by atoms with van der Waals surface area (Å²) in [6, 6.07) is 11.5. The van der Waals surface area contributed by atoms with Crippen LogP contribution >= 0.6 is 0 Å². The lowest BCUT2D eigenvalue weighted by atomic mass is 10.1. The SMILES string of the molecule is O=c1c2cc(OCCCN3CCCCC3)ccc2[nH]c2c(OCCCN3CCCCC3)cccc12. The molecule has 1 N–H and O–H groups in total. The molecule has 0 aliphatic carbocycles. The van der Waals surface area contributed by atoms with E-state index in [1.165, 1.54) is 64.7 Å². The molecule has 0 spiro atoms. The number of benzene rings is 2. The van der Waals surface area contributed by atoms with Crippen molar-refractivity contribution in [2.75, 3.05) is 52.5 Å². The second-order valence-electron chi connectivity index (χ2n) is 10.0. The van der Waals surface area contributed by atoms with Gasteiger partial charge in [0.2, 0.25) is 0 Å². The molecule has 1 aromatic heterocycles. The fourth-order valence-electron chi connectivity index (χ4n) is 5.47. The Bertz CT molecular complexity index is 1160. The molecular formula is C29H39N3O3. The van der Waals surface area contributed by atoms with Gasteiger partial charge in [-0.15, -0.1) is 0 Å². The van der Waals surface area contributed by atoms with E-state index in [1.54, 1.807) is 0 Å². The lowest BCUT2D eigenvalue weighted by molar-refractivity contribution is 0.205. The maximum atomic E-state index is 13.3. The van der Waals surface area contributed by atoms with Gasteiger partial charge >= 0.3 is 0 Å². The van der Waals surface area contributed by atoms with Gasteiger partial charge in [-0.05, 0) is 95.0 Å². The van der Waals surface area contributed by atoms with Crippen LogP contribution in [-0.2, 0) is 0 Å². The van der Waals surface area contributed by atoms with Crippen molar-refractivity contribution >= 4 is 21.8 Å². The predicted molar refractivity (Wildman–Crippen MR) is 143 cm³/mol. The summed E-state index contributed by atoms with van der Waals surface area (Å²) in [6.07, 6.45) is 9.96. The van der Waals surface area contributed by atoms with Gasteiger partial charge in [0.25, 0.3) is 0 Å². The highest BCUT2D eigenvalue weighted by Crippen LogP contribution is 2.26. The lowest BCUT2D eigenvalue weighted by Crippen LogP contribution is -2.31. The van der Waals surface area contributed by atoms with Crippen LogP contribution in [0, 0.1) is 0 Å². The second kappa shape index (κ2) is 11.9. The third kappa shape index (κ3) is 6.17. The molecule has 188 valence electrons. The van der Waals surface area contributed by atoms with Crippen LogP contribution in [0.25, 0.3) is 21.8 Å². The molecule has 3 aromatic rings. The Labute approximate surface area is 208 Å². The number of ether oxygens (including phenoxy) is 2. The number of para-hydroxylation sites is 1. The van der Waals surface area contributed by atoms with Crippen LogP contribution in [0.2, 0.25) is 0 Å². The van der Waals surface area contributed by atoms with Gasteiger partial charge in [-0.25, -0.2) is 0 Å². The van der Waals surface area contributed by atoms with Crippen LogP contribution < -0.4 is 14.9 Å². The molecule has 2 aromatic carbocycles. The van der Waals surface area contributed by atoms with E-state index < -0.39 is 0 Å². The van der Waals surface area contributed by atoms with Crippen molar-refractivity contribution in [3.8, 4) is 11.5 Å². The van der Waals surface area contributed by atoms with Crippen molar-refractivity contribution in [3.63, 3.8) is 0 Å². The number of hydrogen-bond donors (Lipinski definition) is 1. The number of nitrogens with zero attached hydrogens (tertiary/aromatic N) is 2. The standard InChI is InChI=1S/C29H39N3O3/c33-29-24-10-7-11-27(35-21-9-19-32-16-5-2-6-17-32)28(24)30-26-13-12-23(22-25(26)29)34-20-8-18-31-14-3-1-4-15-31/h7,10-13,22H,1-6,8-9,14-21H2,(H,30,33). The van der Waals surface area contributed by atoms with Crippen LogP contribution in [-0.4, -0.2) is 67.3 Å². The van der Waals surface area contributed by atoms with E-state index in [1.807, 2.05) is 36.4 Å². The number of rotatable bonds is 10. The molecule has 2 fully saturated rings. The number of nitrogens with one attached hydrogen (secondary N) is 1. The summed E-state index contributed by atoms with van der Waals surface area (Å²) in [7, 11) is 0. The second-order valence-corrected chi connectivity index (χ2v) is 10.0. The molecule has 35 heavy (non-hydrogen) atoms.